The Morgan fingerprint density at radius 2 is 1.78 bits per heavy atom. The maximum atomic E-state index is 11.0. The summed E-state index contributed by atoms with van der Waals surface area (Å²) in [6.45, 7) is 1.49. The highest BCUT2D eigenvalue weighted by Gasteiger charge is 2.04. The zero-order chi connectivity index (χ0) is 16.2. The number of nitrogens with zero attached hydrogens (tertiary/aromatic N) is 1. The van der Waals surface area contributed by atoms with Crippen molar-refractivity contribution in [2.24, 2.45) is 0 Å². The average molecular weight is 307 g/mol. The van der Waals surface area contributed by atoms with Crippen LogP contribution in [0.1, 0.15) is 6.92 Å². The minimum atomic E-state index is -0.0835. The number of carbonyl (C=O) groups is 1. The Labute approximate surface area is 134 Å². The van der Waals surface area contributed by atoms with Crippen LogP contribution in [0.4, 0.5) is 17.1 Å². The number of hydrogen-bond acceptors (Lipinski definition) is 4. The number of benzene rings is 2. The number of anilines is 3. The molecule has 0 atom stereocenters. The van der Waals surface area contributed by atoms with E-state index in [9.17, 15) is 4.79 Å². The summed E-state index contributed by atoms with van der Waals surface area (Å²) < 4.78 is 5.23. The van der Waals surface area contributed by atoms with Crippen molar-refractivity contribution in [3.05, 3.63) is 54.7 Å². The third-order valence-corrected chi connectivity index (χ3v) is 3.43. The van der Waals surface area contributed by atoms with Gasteiger partial charge < -0.3 is 15.4 Å². The maximum Gasteiger partial charge on any atom is 0.221 e. The molecule has 0 fully saturated rings. The molecular weight excluding hydrogens is 290 g/mol. The van der Waals surface area contributed by atoms with Gasteiger partial charge in [-0.3, -0.25) is 9.78 Å². The van der Waals surface area contributed by atoms with Gasteiger partial charge in [0, 0.05) is 41.6 Å². The van der Waals surface area contributed by atoms with Gasteiger partial charge in [-0.25, -0.2) is 0 Å². The third-order valence-electron chi connectivity index (χ3n) is 3.43. The van der Waals surface area contributed by atoms with E-state index < -0.39 is 0 Å². The van der Waals surface area contributed by atoms with Crippen molar-refractivity contribution in [2.45, 2.75) is 6.92 Å². The molecule has 0 aliphatic heterocycles. The molecule has 1 aromatic heterocycles. The molecule has 0 saturated carbocycles. The van der Waals surface area contributed by atoms with Crippen LogP contribution in [0, 0.1) is 0 Å². The summed E-state index contributed by atoms with van der Waals surface area (Å²) >= 11 is 0. The van der Waals surface area contributed by atoms with Gasteiger partial charge in [-0.2, -0.15) is 0 Å². The monoisotopic (exact) mass is 307 g/mol. The van der Waals surface area contributed by atoms with Crippen molar-refractivity contribution in [3.8, 4) is 5.75 Å². The zero-order valence-electron chi connectivity index (χ0n) is 13.0. The van der Waals surface area contributed by atoms with Gasteiger partial charge in [-0.15, -0.1) is 0 Å². The number of fused-ring (bicyclic) bond motifs is 1. The lowest BCUT2D eigenvalue weighted by atomic mass is 10.1. The second-order valence-electron chi connectivity index (χ2n) is 5.13. The number of nitrogens with one attached hydrogen (secondary N) is 2. The van der Waals surface area contributed by atoms with E-state index in [-0.39, 0.29) is 5.91 Å². The van der Waals surface area contributed by atoms with Crippen molar-refractivity contribution >= 4 is 33.9 Å². The molecule has 0 bridgehead atoms. The number of amides is 1. The molecule has 2 N–H and O–H groups in total. The lowest BCUT2D eigenvalue weighted by molar-refractivity contribution is -0.114. The quantitative estimate of drug-likeness (QED) is 0.766. The molecule has 3 aromatic rings. The molecule has 0 unspecified atom stereocenters. The molecule has 116 valence electrons. The molecule has 0 spiro atoms. The second-order valence-corrected chi connectivity index (χ2v) is 5.13. The van der Waals surface area contributed by atoms with E-state index >= 15 is 0 Å². The van der Waals surface area contributed by atoms with Gasteiger partial charge in [0.15, 0.2) is 0 Å². The van der Waals surface area contributed by atoms with E-state index in [1.807, 2.05) is 48.5 Å². The molecule has 5 heteroatoms. The van der Waals surface area contributed by atoms with Crippen molar-refractivity contribution in [1.82, 2.24) is 4.98 Å². The van der Waals surface area contributed by atoms with E-state index in [0.29, 0.717) is 0 Å². The number of hydrogen-bond donors (Lipinski definition) is 2. The first kappa shape index (κ1) is 14.8. The molecule has 1 heterocycles. The number of pyridine rings is 1. The maximum absolute atomic E-state index is 11.0. The molecule has 1 amide bonds. The number of carbonyl (C=O) groups excluding carboxylic acids is 1. The SMILES string of the molecule is COc1ccc2c(Nc3ccc(NC(C)=O)cc3)ccnc2c1. The van der Waals surface area contributed by atoms with E-state index in [2.05, 4.69) is 15.6 Å². The Morgan fingerprint density at radius 3 is 2.48 bits per heavy atom. The molecule has 23 heavy (non-hydrogen) atoms. The van der Waals surface area contributed by atoms with Crippen LogP contribution in [0.15, 0.2) is 54.7 Å². The summed E-state index contributed by atoms with van der Waals surface area (Å²) in [5.74, 6) is 0.696. The summed E-state index contributed by atoms with van der Waals surface area (Å²) in [6, 6.07) is 15.3. The molecule has 5 nitrogen and oxygen atoms in total. The highest BCUT2D eigenvalue weighted by Crippen LogP contribution is 2.28. The lowest BCUT2D eigenvalue weighted by Gasteiger charge is -2.11. The van der Waals surface area contributed by atoms with E-state index in [4.69, 9.17) is 4.74 Å². The van der Waals surface area contributed by atoms with E-state index in [0.717, 1.165) is 33.7 Å². The minimum Gasteiger partial charge on any atom is -0.497 e. The summed E-state index contributed by atoms with van der Waals surface area (Å²) in [5.41, 5.74) is 3.53. The molecule has 2 aromatic carbocycles. The summed E-state index contributed by atoms with van der Waals surface area (Å²) in [4.78, 5) is 15.4. The predicted octanol–water partition coefficient (Wildman–Crippen LogP) is 3.95. The fraction of sp³-hybridized carbons (Fsp3) is 0.111. The van der Waals surface area contributed by atoms with Crippen molar-refractivity contribution in [3.63, 3.8) is 0 Å². The topological polar surface area (TPSA) is 63.2 Å². The molecule has 3 rings (SSSR count). The van der Waals surface area contributed by atoms with Crippen LogP contribution >= 0.6 is 0 Å². The molecule has 0 aliphatic carbocycles. The van der Waals surface area contributed by atoms with Crippen LogP contribution in [-0.2, 0) is 4.79 Å². The highest BCUT2D eigenvalue weighted by molar-refractivity contribution is 5.94. The fourth-order valence-corrected chi connectivity index (χ4v) is 2.36. The van der Waals surface area contributed by atoms with Crippen molar-refractivity contribution in [2.75, 3.05) is 17.7 Å². The molecule has 0 aliphatic rings. The molecular formula is C18H17N3O2. The second kappa shape index (κ2) is 6.36. The molecule has 0 radical (unpaired) electrons. The van der Waals surface area contributed by atoms with Crippen molar-refractivity contribution in [1.29, 1.82) is 0 Å². The fourth-order valence-electron chi connectivity index (χ4n) is 2.36. The minimum absolute atomic E-state index is 0.0835. The Morgan fingerprint density at radius 1 is 1.04 bits per heavy atom. The zero-order valence-corrected chi connectivity index (χ0v) is 13.0. The van der Waals surface area contributed by atoms with Crippen LogP contribution in [0.5, 0.6) is 5.75 Å². The van der Waals surface area contributed by atoms with Gasteiger partial charge in [-0.1, -0.05) is 0 Å². The predicted molar refractivity (Wildman–Crippen MR) is 92.3 cm³/mol. The highest BCUT2D eigenvalue weighted by atomic mass is 16.5. The van der Waals surface area contributed by atoms with E-state index in [1.165, 1.54) is 6.92 Å². The van der Waals surface area contributed by atoms with Gasteiger partial charge >= 0.3 is 0 Å². The number of rotatable bonds is 4. The van der Waals surface area contributed by atoms with Gasteiger partial charge in [0.25, 0.3) is 0 Å². The first-order chi connectivity index (χ1) is 11.2. The summed E-state index contributed by atoms with van der Waals surface area (Å²) in [7, 11) is 1.64. The van der Waals surface area contributed by atoms with Gasteiger partial charge in [0.1, 0.15) is 5.75 Å². The van der Waals surface area contributed by atoms with Crippen LogP contribution < -0.4 is 15.4 Å². The number of aromatic nitrogens is 1. The van der Waals surface area contributed by atoms with Gasteiger partial charge in [0.2, 0.25) is 5.91 Å². The number of ether oxygens (including phenoxy) is 1. The van der Waals surface area contributed by atoms with Gasteiger partial charge in [0.05, 0.1) is 12.6 Å². The lowest BCUT2D eigenvalue weighted by Crippen LogP contribution is -2.05. The Balaban J connectivity index is 1.87. The summed E-state index contributed by atoms with van der Waals surface area (Å²) in [6.07, 6.45) is 1.76. The van der Waals surface area contributed by atoms with Crippen LogP contribution in [-0.4, -0.2) is 18.0 Å². The van der Waals surface area contributed by atoms with E-state index in [1.54, 1.807) is 13.3 Å². The van der Waals surface area contributed by atoms with Crippen LogP contribution in [0.2, 0.25) is 0 Å². The Hall–Kier alpha value is -3.08. The molecule has 0 saturated heterocycles. The van der Waals surface area contributed by atoms with Gasteiger partial charge in [-0.05, 0) is 42.5 Å². The number of methoxy groups -OCH3 is 1. The first-order valence-electron chi connectivity index (χ1n) is 7.23. The standard InChI is InChI=1S/C18H17N3O2/c1-12(22)20-13-3-5-14(6-4-13)21-17-9-10-19-18-11-15(23-2)7-8-16(17)18/h3-11H,1-2H3,(H,19,21)(H,20,22). The smallest absolute Gasteiger partial charge is 0.221 e. The van der Waals surface area contributed by atoms with Crippen LogP contribution in [0.25, 0.3) is 10.9 Å². The Bertz CT molecular complexity index is 845. The first-order valence-corrected chi connectivity index (χ1v) is 7.23. The largest absolute Gasteiger partial charge is 0.497 e. The average Bonchev–Trinajstić information content (AvgIpc) is 2.56. The van der Waals surface area contributed by atoms with Crippen molar-refractivity contribution < 1.29 is 9.53 Å². The van der Waals surface area contributed by atoms with Crippen LogP contribution in [0.3, 0.4) is 0 Å². The summed E-state index contributed by atoms with van der Waals surface area (Å²) in [5, 5.41) is 7.13. The Kier molecular flexibility index (Phi) is 4.10. The normalized spacial score (nSPS) is 10.3. The third kappa shape index (κ3) is 3.40.